The van der Waals surface area contributed by atoms with Crippen LogP contribution >= 0.6 is 0 Å². The summed E-state index contributed by atoms with van der Waals surface area (Å²) in [5.41, 5.74) is 1.00. The molecule has 1 N–H and O–H groups in total. The summed E-state index contributed by atoms with van der Waals surface area (Å²) in [4.78, 5) is 5.73. The zero-order chi connectivity index (χ0) is 13.8. The quantitative estimate of drug-likeness (QED) is 0.766. The fourth-order valence-corrected chi connectivity index (χ4v) is 1.79. The summed E-state index contributed by atoms with van der Waals surface area (Å²) in [6.45, 7) is 8.10. The maximum atomic E-state index is 13.5. The standard InChI is InChI=1S/C13H21F2N3/c1-5-10(2)8-16-11(3)17-9-12-13(14,15)6-7-18(12)4/h5,8,12,17H,3,6-7,9H2,1-2,4H3/b10-5-,16-8?. The van der Waals surface area contributed by atoms with Crippen LogP contribution in [0.2, 0.25) is 0 Å². The molecule has 1 saturated heterocycles. The lowest BCUT2D eigenvalue weighted by molar-refractivity contribution is -0.0273. The molecule has 3 nitrogen and oxygen atoms in total. The summed E-state index contributed by atoms with van der Waals surface area (Å²) in [6.07, 6.45) is 3.49. The molecule has 0 aromatic rings. The van der Waals surface area contributed by atoms with Gasteiger partial charge in [0, 0.05) is 25.7 Å². The first-order valence-corrected chi connectivity index (χ1v) is 6.04. The number of nitrogens with zero attached hydrogens (tertiary/aromatic N) is 2. The summed E-state index contributed by atoms with van der Waals surface area (Å²) in [6, 6.07) is -0.785. The van der Waals surface area contributed by atoms with Gasteiger partial charge in [-0.1, -0.05) is 12.7 Å². The van der Waals surface area contributed by atoms with Gasteiger partial charge in [-0.2, -0.15) is 0 Å². The molecule has 1 atom stereocenters. The van der Waals surface area contributed by atoms with E-state index in [1.165, 1.54) is 0 Å². The van der Waals surface area contributed by atoms with E-state index in [0.717, 1.165) is 5.57 Å². The number of aliphatic imine (C=N–C) groups is 1. The van der Waals surface area contributed by atoms with Crippen LogP contribution in [0.25, 0.3) is 0 Å². The number of likely N-dealkylation sites (N-methyl/N-ethyl adjacent to an activating group) is 1. The Hall–Kier alpha value is -1.23. The molecule has 1 aliphatic heterocycles. The SMILES string of the molecule is C=C(N=C/C(C)=C\C)NCC1N(C)CCC1(F)F. The molecular weight excluding hydrogens is 236 g/mol. The Morgan fingerprint density at radius 1 is 1.61 bits per heavy atom. The van der Waals surface area contributed by atoms with Gasteiger partial charge < -0.3 is 5.32 Å². The average molecular weight is 257 g/mol. The van der Waals surface area contributed by atoms with Crippen LogP contribution in [0.3, 0.4) is 0 Å². The third-order valence-corrected chi connectivity index (χ3v) is 3.20. The lowest BCUT2D eigenvalue weighted by Crippen LogP contribution is -2.44. The Kier molecular flexibility index (Phi) is 5.02. The third kappa shape index (κ3) is 3.91. The first kappa shape index (κ1) is 14.8. The van der Waals surface area contributed by atoms with Gasteiger partial charge in [-0.05, 0) is 26.5 Å². The second-order valence-corrected chi connectivity index (χ2v) is 4.63. The number of alkyl halides is 2. The largest absolute Gasteiger partial charge is 0.369 e. The normalized spacial score (nSPS) is 24.7. The van der Waals surface area contributed by atoms with Crippen molar-refractivity contribution < 1.29 is 8.78 Å². The summed E-state index contributed by atoms with van der Waals surface area (Å²) < 4.78 is 27.0. The zero-order valence-electron chi connectivity index (χ0n) is 11.2. The Labute approximate surface area is 107 Å². The molecule has 102 valence electrons. The number of likely N-dealkylation sites (tertiary alicyclic amines) is 1. The molecule has 0 aromatic carbocycles. The van der Waals surface area contributed by atoms with Gasteiger partial charge in [0.15, 0.2) is 0 Å². The van der Waals surface area contributed by atoms with E-state index >= 15 is 0 Å². The molecule has 0 aliphatic carbocycles. The fourth-order valence-electron chi connectivity index (χ4n) is 1.79. The number of allylic oxidation sites excluding steroid dienone is 2. The molecule has 1 rings (SSSR count). The highest BCUT2D eigenvalue weighted by Crippen LogP contribution is 2.32. The van der Waals surface area contributed by atoms with Crippen molar-refractivity contribution in [2.75, 3.05) is 20.1 Å². The van der Waals surface area contributed by atoms with E-state index < -0.39 is 12.0 Å². The van der Waals surface area contributed by atoms with Crippen LogP contribution in [0.5, 0.6) is 0 Å². The van der Waals surface area contributed by atoms with E-state index in [9.17, 15) is 8.78 Å². The summed E-state index contributed by atoms with van der Waals surface area (Å²) in [5, 5.41) is 2.85. The van der Waals surface area contributed by atoms with Gasteiger partial charge in [0.2, 0.25) is 0 Å². The number of nitrogens with one attached hydrogen (secondary N) is 1. The van der Waals surface area contributed by atoms with E-state index in [1.54, 1.807) is 18.2 Å². The van der Waals surface area contributed by atoms with Gasteiger partial charge in [0.1, 0.15) is 5.82 Å². The van der Waals surface area contributed by atoms with Crippen molar-refractivity contribution in [1.82, 2.24) is 10.2 Å². The molecule has 5 heteroatoms. The molecule has 1 aliphatic rings. The van der Waals surface area contributed by atoms with Crippen LogP contribution in [-0.2, 0) is 0 Å². The second kappa shape index (κ2) is 6.09. The van der Waals surface area contributed by atoms with Gasteiger partial charge in [-0.15, -0.1) is 0 Å². The summed E-state index contributed by atoms with van der Waals surface area (Å²) in [7, 11) is 1.71. The number of halogens is 2. The zero-order valence-corrected chi connectivity index (χ0v) is 11.2. The Balaban J connectivity index is 2.46. The van der Waals surface area contributed by atoms with E-state index in [1.807, 2.05) is 19.9 Å². The van der Waals surface area contributed by atoms with Crippen molar-refractivity contribution in [3.8, 4) is 0 Å². The molecular formula is C13H21F2N3. The van der Waals surface area contributed by atoms with Crippen LogP contribution < -0.4 is 5.32 Å². The van der Waals surface area contributed by atoms with E-state index in [0.29, 0.717) is 12.4 Å². The van der Waals surface area contributed by atoms with Gasteiger partial charge >= 0.3 is 0 Å². The summed E-state index contributed by atoms with van der Waals surface area (Å²) >= 11 is 0. The molecule has 0 amide bonds. The van der Waals surface area contributed by atoms with Crippen molar-refractivity contribution in [3.63, 3.8) is 0 Å². The van der Waals surface area contributed by atoms with Crippen molar-refractivity contribution in [1.29, 1.82) is 0 Å². The predicted molar refractivity (Wildman–Crippen MR) is 71.0 cm³/mol. The molecule has 1 heterocycles. The van der Waals surface area contributed by atoms with Gasteiger partial charge in [0.05, 0.1) is 6.04 Å². The summed E-state index contributed by atoms with van der Waals surface area (Å²) in [5.74, 6) is -2.22. The van der Waals surface area contributed by atoms with Gasteiger partial charge in [0.25, 0.3) is 5.92 Å². The molecule has 0 radical (unpaired) electrons. The molecule has 1 unspecified atom stereocenters. The maximum Gasteiger partial charge on any atom is 0.266 e. The van der Waals surface area contributed by atoms with Crippen molar-refractivity contribution >= 4 is 6.21 Å². The Bertz CT molecular complexity index is 361. The van der Waals surface area contributed by atoms with E-state index in [4.69, 9.17) is 0 Å². The Morgan fingerprint density at radius 3 is 2.78 bits per heavy atom. The lowest BCUT2D eigenvalue weighted by Gasteiger charge is -2.24. The minimum absolute atomic E-state index is 0.0801. The number of hydrogen-bond acceptors (Lipinski definition) is 3. The smallest absolute Gasteiger partial charge is 0.266 e. The van der Waals surface area contributed by atoms with E-state index in [-0.39, 0.29) is 13.0 Å². The number of hydrogen-bond donors (Lipinski definition) is 1. The molecule has 0 spiro atoms. The molecule has 0 saturated carbocycles. The average Bonchev–Trinajstić information content (AvgIpc) is 2.58. The van der Waals surface area contributed by atoms with Crippen LogP contribution in [0.15, 0.2) is 29.0 Å². The second-order valence-electron chi connectivity index (χ2n) is 4.63. The van der Waals surface area contributed by atoms with Gasteiger partial charge in [-0.3, -0.25) is 4.90 Å². The number of rotatable bonds is 5. The molecule has 18 heavy (non-hydrogen) atoms. The first-order chi connectivity index (χ1) is 8.36. The van der Waals surface area contributed by atoms with Crippen LogP contribution in [-0.4, -0.2) is 43.2 Å². The highest BCUT2D eigenvalue weighted by molar-refractivity contribution is 5.78. The highest BCUT2D eigenvalue weighted by atomic mass is 19.3. The fraction of sp³-hybridized carbons (Fsp3) is 0.615. The molecule has 1 fully saturated rings. The minimum Gasteiger partial charge on any atom is -0.369 e. The van der Waals surface area contributed by atoms with Crippen molar-refractivity contribution in [2.24, 2.45) is 4.99 Å². The third-order valence-electron chi connectivity index (χ3n) is 3.20. The first-order valence-electron chi connectivity index (χ1n) is 6.04. The molecule has 0 aromatic heterocycles. The van der Waals surface area contributed by atoms with Crippen molar-refractivity contribution in [2.45, 2.75) is 32.2 Å². The van der Waals surface area contributed by atoms with Crippen molar-refractivity contribution in [3.05, 3.63) is 24.0 Å². The Morgan fingerprint density at radius 2 is 2.28 bits per heavy atom. The highest BCUT2D eigenvalue weighted by Gasteiger charge is 2.46. The minimum atomic E-state index is -2.63. The predicted octanol–water partition coefficient (Wildman–Crippen LogP) is 2.42. The lowest BCUT2D eigenvalue weighted by atomic mass is 10.1. The maximum absolute atomic E-state index is 13.5. The topological polar surface area (TPSA) is 27.6 Å². The van der Waals surface area contributed by atoms with E-state index in [2.05, 4.69) is 16.9 Å². The monoisotopic (exact) mass is 257 g/mol. The van der Waals surface area contributed by atoms with Crippen LogP contribution in [0.4, 0.5) is 8.78 Å². The van der Waals surface area contributed by atoms with Gasteiger partial charge in [-0.25, -0.2) is 13.8 Å². The van der Waals surface area contributed by atoms with Crippen LogP contribution in [0.1, 0.15) is 20.3 Å². The molecule has 0 bridgehead atoms. The van der Waals surface area contributed by atoms with Crippen LogP contribution in [0, 0.1) is 0 Å².